The van der Waals surface area contributed by atoms with Crippen LogP contribution >= 0.6 is 11.3 Å². The minimum Gasteiger partial charge on any atom is -0.384 e. The topological polar surface area (TPSA) is 49.8 Å². The van der Waals surface area contributed by atoms with Gasteiger partial charge in [-0.1, -0.05) is 11.8 Å². The number of hydrogen-bond donors (Lipinski definition) is 1. The first-order valence-electron chi connectivity index (χ1n) is 6.70. The molecule has 0 aliphatic carbocycles. The lowest BCUT2D eigenvalue weighted by Gasteiger charge is -2.26. The Balaban J connectivity index is 1.91. The molecule has 0 unspecified atom stereocenters. The van der Waals surface area contributed by atoms with Crippen LogP contribution in [-0.4, -0.2) is 42.8 Å². The van der Waals surface area contributed by atoms with E-state index in [4.69, 9.17) is 9.84 Å². The van der Waals surface area contributed by atoms with Gasteiger partial charge in [-0.05, 0) is 18.9 Å². The van der Waals surface area contributed by atoms with Crippen molar-refractivity contribution in [3.8, 4) is 11.8 Å². The van der Waals surface area contributed by atoms with Gasteiger partial charge >= 0.3 is 0 Å². The largest absolute Gasteiger partial charge is 0.384 e. The average Bonchev–Trinajstić information content (AvgIpc) is 2.92. The summed E-state index contributed by atoms with van der Waals surface area (Å²) in [5, 5.41) is 10.6. The van der Waals surface area contributed by atoms with Gasteiger partial charge in [0.05, 0.1) is 6.54 Å². The van der Waals surface area contributed by atoms with Crippen LogP contribution in [0, 0.1) is 17.8 Å². The molecule has 0 atom stereocenters. The molecule has 0 bridgehead atoms. The lowest BCUT2D eigenvalue weighted by Crippen LogP contribution is -2.35. The van der Waals surface area contributed by atoms with Crippen molar-refractivity contribution in [2.24, 2.45) is 5.92 Å². The van der Waals surface area contributed by atoms with Crippen LogP contribution in [0.4, 0.5) is 0 Å². The van der Waals surface area contributed by atoms with Crippen LogP contribution < -0.4 is 0 Å². The Bertz CT molecular complexity index is 509. The van der Waals surface area contributed by atoms with Gasteiger partial charge in [0.15, 0.2) is 0 Å². The molecule has 5 heteroatoms. The van der Waals surface area contributed by atoms with Crippen LogP contribution in [0.25, 0.3) is 0 Å². The number of carbonyl (C=O) groups excluding carboxylic acids is 1. The molecular formula is C15H19NO3S. The highest BCUT2D eigenvalue weighted by Gasteiger charge is 2.24. The van der Waals surface area contributed by atoms with Gasteiger partial charge in [0.2, 0.25) is 5.91 Å². The van der Waals surface area contributed by atoms with E-state index in [9.17, 15) is 4.79 Å². The number of aliphatic hydroxyl groups excluding tert-OH is 1. The van der Waals surface area contributed by atoms with E-state index < -0.39 is 0 Å². The molecule has 1 fully saturated rings. The Morgan fingerprint density at radius 3 is 3.00 bits per heavy atom. The van der Waals surface area contributed by atoms with Crippen molar-refractivity contribution in [3.63, 3.8) is 0 Å². The first-order valence-corrected chi connectivity index (χ1v) is 7.58. The third-order valence-electron chi connectivity index (χ3n) is 3.31. The van der Waals surface area contributed by atoms with Crippen LogP contribution in [-0.2, 0) is 16.1 Å². The summed E-state index contributed by atoms with van der Waals surface area (Å²) >= 11 is 1.59. The zero-order valence-corrected chi connectivity index (χ0v) is 12.4. The lowest BCUT2D eigenvalue weighted by atomic mass is 9.99. The molecule has 108 valence electrons. The van der Waals surface area contributed by atoms with Crippen LogP contribution in [0.15, 0.2) is 11.4 Å². The molecule has 0 radical (unpaired) electrons. The van der Waals surface area contributed by atoms with Crippen LogP contribution in [0.2, 0.25) is 0 Å². The maximum Gasteiger partial charge on any atom is 0.225 e. The molecule has 1 saturated heterocycles. The number of nitrogens with zero attached hydrogens (tertiary/aromatic N) is 1. The van der Waals surface area contributed by atoms with Crippen molar-refractivity contribution < 1.29 is 14.6 Å². The van der Waals surface area contributed by atoms with Crippen molar-refractivity contribution in [2.75, 3.05) is 26.9 Å². The Hall–Kier alpha value is -1.35. The second-order valence-electron chi connectivity index (χ2n) is 4.84. The third kappa shape index (κ3) is 4.07. The van der Waals surface area contributed by atoms with Crippen molar-refractivity contribution in [1.82, 2.24) is 4.90 Å². The fourth-order valence-electron chi connectivity index (χ4n) is 2.24. The smallest absolute Gasteiger partial charge is 0.225 e. The standard InChI is InChI=1S/C15H19NO3S/c1-16(15(18)13-4-7-19-8-5-13)10-14-9-12(11-20-14)3-2-6-17/h9,11,13,17H,4-8,10H2,1H3. The van der Waals surface area contributed by atoms with Gasteiger partial charge in [0.25, 0.3) is 0 Å². The number of amides is 1. The van der Waals surface area contributed by atoms with E-state index in [2.05, 4.69) is 11.8 Å². The summed E-state index contributed by atoms with van der Waals surface area (Å²) in [6.45, 7) is 1.85. The van der Waals surface area contributed by atoms with E-state index in [1.807, 2.05) is 18.5 Å². The molecule has 1 aromatic heterocycles. The molecule has 2 heterocycles. The summed E-state index contributed by atoms with van der Waals surface area (Å²) in [6, 6.07) is 1.97. The quantitative estimate of drug-likeness (QED) is 0.859. The number of thiophene rings is 1. The van der Waals surface area contributed by atoms with Gasteiger partial charge in [0, 0.05) is 42.0 Å². The highest BCUT2D eigenvalue weighted by Crippen LogP contribution is 2.20. The third-order valence-corrected chi connectivity index (χ3v) is 4.23. The Morgan fingerprint density at radius 2 is 2.30 bits per heavy atom. The summed E-state index contributed by atoms with van der Waals surface area (Å²) in [5.41, 5.74) is 0.894. The van der Waals surface area contributed by atoms with Crippen LogP contribution in [0.5, 0.6) is 0 Å². The Kier molecular flexibility index (Phi) is 5.60. The van der Waals surface area contributed by atoms with Gasteiger partial charge in [-0.15, -0.1) is 11.3 Å². The predicted molar refractivity (Wildman–Crippen MR) is 78.3 cm³/mol. The van der Waals surface area contributed by atoms with Gasteiger partial charge in [-0.3, -0.25) is 4.79 Å². The molecule has 1 amide bonds. The van der Waals surface area contributed by atoms with Gasteiger partial charge < -0.3 is 14.7 Å². The van der Waals surface area contributed by atoms with Crippen LogP contribution in [0.3, 0.4) is 0 Å². The van der Waals surface area contributed by atoms with Crippen molar-refractivity contribution >= 4 is 17.2 Å². The monoisotopic (exact) mass is 293 g/mol. The van der Waals surface area contributed by atoms with Gasteiger partial charge in [-0.25, -0.2) is 0 Å². The zero-order valence-electron chi connectivity index (χ0n) is 11.6. The minimum absolute atomic E-state index is 0.0994. The second-order valence-corrected chi connectivity index (χ2v) is 5.84. The fourth-order valence-corrected chi connectivity index (χ4v) is 3.11. The zero-order chi connectivity index (χ0) is 14.4. The highest BCUT2D eigenvalue weighted by atomic mass is 32.1. The molecule has 1 aromatic rings. The molecule has 0 saturated carbocycles. The average molecular weight is 293 g/mol. The fraction of sp³-hybridized carbons (Fsp3) is 0.533. The molecule has 0 aromatic carbocycles. The van der Waals surface area contributed by atoms with E-state index in [1.54, 1.807) is 16.2 Å². The van der Waals surface area contributed by atoms with E-state index in [0.717, 1.165) is 23.3 Å². The Labute approximate surface area is 123 Å². The predicted octanol–water partition coefficient (Wildman–Crippen LogP) is 1.48. The molecule has 0 spiro atoms. The molecule has 1 aliphatic heterocycles. The van der Waals surface area contributed by atoms with E-state index in [1.165, 1.54) is 0 Å². The van der Waals surface area contributed by atoms with Crippen molar-refractivity contribution in [2.45, 2.75) is 19.4 Å². The maximum atomic E-state index is 12.3. The van der Waals surface area contributed by atoms with Crippen LogP contribution in [0.1, 0.15) is 23.3 Å². The second kappa shape index (κ2) is 7.44. The number of carbonyl (C=O) groups is 1. The molecule has 4 nitrogen and oxygen atoms in total. The highest BCUT2D eigenvalue weighted by molar-refractivity contribution is 7.10. The summed E-state index contributed by atoms with van der Waals surface area (Å²) in [5.74, 6) is 5.79. The minimum atomic E-state index is -0.132. The first-order chi connectivity index (χ1) is 9.70. The first kappa shape index (κ1) is 15.0. The summed E-state index contributed by atoms with van der Waals surface area (Å²) in [4.78, 5) is 15.2. The number of aliphatic hydroxyl groups is 1. The summed E-state index contributed by atoms with van der Waals surface area (Å²) < 4.78 is 5.28. The summed E-state index contributed by atoms with van der Waals surface area (Å²) in [7, 11) is 1.84. The summed E-state index contributed by atoms with van der Waals surface area (Å²) in [6.07, 6.45) is 1.64. The Morgan fingerprint density at radius 1 is 1.55 bits per heavy atom. The van der Waals surface area contributed by atoms with Crippen molar-refractivity contribution in [3.05, 3.63) is 21.9 Å². The van der Waals surface area contributed by atoms with E-state index >= 15 is 0 Å². The molecular weight excluding hydrogens is 274 g/mol. The van der Waals surface area contributed by atoms with E-state index in [-0.39, 0.29) is 18.4 Å². The van der Waals surface area contributed by atoms with E-state index in [0.29, 0.717) is 19.8 Å². The lowest BCUT2D eigenvalue weighted by molar-refractivity contribution is -0.137. The molecule has 1 aliphatic rings. The van der Waals surface area contributed by atoms with Gasteiger partial charge in [-0.2, -0.15) is 0 Å². The molecule has 1 N–H and O–H groups in total. The number of hydrogen-bond acceptors (Lipinski definition) is 4. The SMILES string of the molecule is CN(Cc1cc(C#CCO)cs1)C(=O)C1CCOCC1. The normalized spacial score (nSPS) is 15.5. The van der Waals surface area contributed by atoms with Gasteiger partial charge in [0.1, 0.15) is 6.61 Å². The van der Waals surface area contributed by atoms with Crippen molar-refractivity contribution in [1.29, 1.82) is 0 Å². The number of ether oxygens (including phenoxy) is 1. The maximum absolute atomic E-state index is 12.3. The molecule has 2 rings (SSSR count). The number of rotatable bonds is 3. The molecule has 20 heavy (non-hydrogen) atoms.